The standard InChI is InChI=1S/C21H19BrN2O2/c1-13-10-16(14-6-8-17(22)9-7-14)12-24(13)21(26)19-11-15-4-2-3-5-18(15)20(25)23-19/h2-9,11,13,16H,10,12H2,1H3,(H,23,25). The fourth-order valence-corrected chi connectivity index (χ4v) is 4.04. The van der Waals surface area contributed by atoms with Gasteiger partial charge in [-0.15, -0.1) is 0 Å². The Bertz CT molecular complexity index is 1030. The van der Waals surface area contributed by atoms with E-state index < -0.39 is 0 Å². The number of hydrogen-bond donors (Lipinski definition) is 1. The van der Waals surface area contributed by atoms with E-state index in [1.165, 1.54) is 5.56 Å². The third kappa shape index (κ3) is 3.07. The zero-order chi connectivity index (χ0) is 18.3. The van der Waals surface area contributed by atoms with Crippen LogP contribution in [0.1, 0.15) is 35.3 Å². The molecule has 1 aliphatic rings. The molecule has 3 aromatic rings. The quantitative estimate of drug-likeness (QED) is 0.684. The summed E-state index contributed by atoms with van der Waals surface area (Å²) >= 11 is 3.46. The molecule has 4 nitrogen and oxygen atoms in total. The number of nitrogens with one attached hydrogen (secondary N) is 1. The number of halogens is 1. The zero-order valence-corrected chi connectivity index (χ0v) is 16.0. The summed E-state index contributed by atoms with van der Waals surface area (Å²) < 4.78 is 1.05. The molecule has 1 aromatic heterocycles. The predicted molar refractivity (Wildman–Crippen MR) is 107 cm³/mol. The fourth-order valence-electron chi connectivity index (χ4n) is 3.77. The van der Waals surface area contributed by atoms with Crippen molar-refractivity contribution in [3.05, 3.63) is 80.7 Å². The van der Waals surface area contributed by atoms with Gasteiger partial charge in [0.25, 0.3) is 11.5 Å². The molecule has 2 aromatic carbocycles. The number of benzene rings is 2. The topological polar surface area (TPSA) is 53.2 Å². The van der Waals surface area contributed by atoms with Gasteiger partial charge in [-0.25, -0.2) is 0 Å². The Morgan fingerprint density at radius 2 is 1.88 bits per heavy atom. The van der Waals surface area contributed by atoms with Gasteiger partial charge in [-0.05, 0) is 48.6 Å². The first-order valence-electron chi connectivity index (χ1n) is 8.71. The SMILES string of the molecule is CC1CC(c2ccc(Br)cc2)CN1C(=O)c1cc2ccccc2c(=O)[nH]1. The molecule has 2 unspecified atom stereocenters. The van der Waals surface area contributed by atoms with E-state index in [4.69, 9.17) is 0 Å². The first kappa shape index (κ1) is 17.0. The van der Waals surface area contributed by atoms with Crippen molar-refractivity contribution in [3.8, 4) is 0 Å². The van der Waals surface area contributed by atoms with Crippen LogP contribution in [-0.2, 0) is 0 Å². The van der Waals surface area contributed by atoms with Crippen molar-refractivity contribution in [3.63, 3.8) is 0 Å². The first-order valence-corrected chi connectivity index (χ1v) is 9.51. The van der Waals surface area contributed by atoms with Gasteiger partial charge in [-0.1, -0.05) is 46.3 Å². The summed E-state index contributed by atoms with van der Waals surface area (Å²) in [6.45, 7) is 2.73. The Morgan fingerprint density at radius 1 is 1.15 bits per heavy atom. The smallest absolute Gasteiger partial charge is 0.270 e. The molecule has 0 radical (unpaired) electrons. The summed E-state index contributed by atoms with van der Waals surface area (Å²) in [4.78, 5) is 29.9. The van der Waals surface area contributed by atoms with Gasteiger partial charge in [0.1, 0.15) is 5.69 Å². The van der Waals surface area contributed by atoms with Crippen LogP contribution < -0.4 is 5.56 Å². The summed E-state index contributed by atoms with van der Waals surface area (Å²) in [5, 5.41) is 1.39. The maximum Gasteiger partial charge on any atom is 0.270 e. The average molecular weight is 411 g/mol. The van der Waals surface area contributed by atoms with Crippen molar-refractivity contribution in [1.82, 2.24) is 9.88 Å². The van der Waals surface area contributed by atoms with Gasteiger partial charge in [-0.2, -0.15) is 0 Å². The number of nitrogens with zero attached hydrogens (tertiary/aromatic N) is 1. The number of aromatic amines is 1. The molecule has 4 rings (SSSR count). The number of aromatic nitrogens is 1. The van der Waals surface area contributed by atoms with E-state index in [2.05, 4.69) is 40.0 Å². The summed E-state index contributed by atoms with van der Waals surface area (Å²) in [5.41, 5.74) is 1.38. The van der Waals surface area contributed by atoms with Crippen LogP contribution in [0.2, 0.25) is 0 Å². The molecule has 1 aliphatic heterocycles. The van der Waals surface area contributed by atoms with E-state index in [-0.39, 0.29) is 17.5 Å². The van der Waals surface area contributed by atoms with E-state index in [9.17, 15) is 9.59 Å². The molecule has 1 saturated heterocycles. The normalized spacial score (nSPS) is 19.8. The van der Waals surface area contributed by atoms with Crippen molar-refractivity contribution >= 4 is 32.6 Å². The van der Waals surface area contributed by atoms with Crippen LogP contribution in [-0.4, -0.2) is 28.4 Å². The maximum atomic E-state index is 13.0. The average Bonchev–Trinajstić information content (AvgIpc) is 3.03. The highest BCUT2D eigenvalue weighted by molar-refractivity contribution is 9.10. The van der Waals surface area contributed by atoms with E-state index in [1.807, 2.05) is 35.2 Å². The summed E-state index contributed by atoms with van der Waals surface area (Å²) in [6.07, 6.45) is 0.922. The molecule has 0 spiro atoms. The van der Waals surface area contributed by atoms with Crippen molar-refractivity contribution in [1.29, 1.82) is 0 Å². The Morgan fingerprint density at radius 3 is 2.65 bits per heavy atom. The molecule has 1 N–H and O–H groups in total. The summed E-state index contributed by atoms with van der Waals surface area (Å²) in [7, 11) is 0. The highest BCUT2D eigenvalue weighted by Gasteiger charge is 2.34. The lowest BCUT2D eigenvalue weighted by Gasteiger charge is -2.21. The minimum Gasteiger partial charge on any atom is -0.334 e. The second-order valence-corrected chi connectivity index (χ2v) is 7.81. The Balaban J connectivity index is 1.62. The lowest BCUT2D eigenvalue weighted by Crippen LogP contribution is -2.35. The number of hydrogen-bond acceptors (Lipinski definition) is 2. The van der Waals surface area contributed by atoms with Gasteiger partial charge >= 0.3 is 0 Å². The van der Waals surface area contributed by atoms with E-state index in [0.29, 0.717) is 23.5 Å². The van der Waals surface area contributed by atoms with Crippen LogP contribution in [0.4, 0.5) is 0 Å². The monoisotopic (exact) mass is 410 g/mol. The molecule has 26 heavy (non-hydrogen) atoms. The first-order chi connectivity index (χ1) is 12.5. The van der Waals surface area contributed by atoms with Crippen molar-refractivity contribution in [2.45, 2.75) is 25.3 Å². The highest BCUT2D eigenvalue weighted by Crippen LogP contribution is 2.33. The lowest BCUT2D eigenvalue weighted by atomic mass is 9.97. The van der Waals surface area contributed by atoms with Gasteiger partial charge in [0, 0.05) is 28.4 Å². The van der Waals surface area contributed by atoms with Gasteiger partial charge in [0.05, 0.1) is 0 Å². The molecule has 5 heteroatoms. The van der Waals surface area contributed by atoms with Crippen LogP contribution in [0.3, 0.4) is 0 Å². The second kappa shape index (κ2) is 6.72. The number of rotatable bonds is 2. The fraction of sp³-hybridized carbons (Fsp3) is 0.238. The molecule has 0 saturated carbocycles. The van der Waals surface area contributed by atoms with Crippen LogP contribution >= 0.6 is 15.9 Å². The number of likely N-dealkylation sites (tertiary alicyclic amines) is 1. The molecule has 132 valence electrons. The number of carbonyl (C=O) groups excluding carboxylic acids is 1. The van der Waals surface area contributed by atoms with Gasteiger partial charge < -0.3 is 9.88 Å². The minimum atomic E-state index is -0.220. The van der Waals surface area contributed by atoms with Gasteiger partial charge in [-0.3, -0.25) is 9.59 Å². The van der Waals surface area contributed by atoms with Gasteiger partial charge in [0.2, 0.25) is 0 Å². The Labute approximate surface area is 160 Å². The van der Waals surface area contributed by atoms with Crippen molar-refractivity contribution in [2.24, 2.45) is 0 Å². The summed E-state index contributed by atoms with van der Waals surface area (Å²) in [6, 6.07) is 17.5. The van der Waals surface area contributed by atoms with Crippen LogP contribution in [0.25, 0.3) is 10.8 Å². The highest BCUT2D eigenvalue weighted by atomic mass is 79.9. The molecule has 1 fully saturated rings. The minimum absolute atomic E-state index is 0.111. The molecule has 2 atom stereocenters. The second-order valence-electron chi connectivity index (χ2n) is 6.89. The van der Waals surface area contributed by atoms with Crippen LogP contribution in [0, 0.1) is 0 Å². The van der Waals surface area contributed by atoms with Crippen molar-refractivity contribution in [2.75, 3.05) is 6.54 Å². The number of amides is 1. The number of fused-ring (bicyclic) bond motifs is 1. The molecule has 0 aliphatic carbocycles. The molecule has 0 bridgehead atoms. The lowest BCUT2D eigenvalue weighted by molar-refractivity contribution is 0.0740. The molecular weight excluding hydrogens is 392 g/mol. The third-order valence-corrected chi connectivity index (χ3v) is 5.69. The largest absolute Gasteiger partial charge is 0.334 e. The molecular formula is C21H19BrN2O2. The molecule has 2 heterocycles. The summed E-state index contributed by atoms with van der Waals surface area (Å²) in [5.74, 6) is 0.203. The van der Waals surface area contributed by atoms with Gasteiger partial charge in [0.15, 0.2) is 0 Å². The Kier molecular flexibility index (Phi) is 4.41. The number of pyridine rings is 1. The molecule has 1 amide bonds. The van der Waals surface area contributed by atoms with Crippen molar-refractivity contribution < 1.29 is 4.79 Å². The number of H-pyrrole nitrogens is 1. The Hall–Kier alpha value is -2.40. The van der Waals surface area contributed by atoms with Crippen LogP contribution in [0.5, 0.6) is 0 Å². The van der Waals surface area contributed by atoms with E-state index in [1.54, 1.807) is 12.1 Å². The zero-order valence-electron chi connectivity index (χ0n) is 14.4. The number of carbonyl (C=O) groups is 1. The van der Waals surface area contributed by atoms with Crippen LogP contribution in [0.15, 0.2) is 63.9 Å². The van der Waals surface area contributed by atoms with E-state index in [0.717, 1.165) is 16.3 Å². The predicted octanol–water partition coefficient (Wildman–Crippen LogP) is 4.31. The van der Waals surface area contributed by atoms with E-state index >= 15 is 0 Å². The maximum absolute atomic E-state index is 13.0. The third-order valence-electron chi connectivity index (χ3n) is 5.16.